The van der Waals surface area contributed by atoms with Crippen LogP contribution >= 0.6 is 0 Å². The molecule has 0 bridgehead atoms. The van der Waals surface area contributed by atoms with Crippen LogP contribution in [0, 0.1) is 0 Å². The third kappa shape index (κ3) is 5.02. The predicted molar refractivity (Wildman–Crippen MR) is 83.1 cm³/mol. The summed E-state index contributed by atoms with van der Waals surface area (Å²) in [5.41, 5.74) is 6.68. The number of carbonyl (C=O) groups excluding carboxylic acids is 1. The molecule has 1 heterocycles. The summed E-state index contributed by atoms with van der Waals surface area (Å²) in [5.74, 6) is 1.08. The molecule has 1 aromatic rings. The van der Waals surface area contributed by atoms with Crippen LogP contribution in [0.3, 0.4) is 0 Å². The first-order valence-corrected chi connectivity index (χ1v) is 7.58. The molecule has 1 aliphatic heterocycles. The Hall–Kier alpha value is -1.59. The third-order valence-corrected chi connectivity index (χ3v) is 3.86. The van der Waals surface area contributed by atoms with E-state index >= 15 is 0 Å². The minimum atomic E-state index is 0.180. The fraction of sp³-hybridized carbons (Fsp3) is 0.562. The van der Waals surface area contributed by atoms with Crippen molar-refractivity contribution in [3.63, 3.8) is 0 Å². The van der Waals surface area contributed by atoms with Crippen molar-refractivity contribution in [1.29, 1.82) is 0 Å². The topological polar surface area (TPSA) is 58.8 Å². The van der Waals surface area contributed by atoms with Crippen molar-refractivity contribution < 1.29 is 9.53 Å². The number of benzene rings is 1. The maximum Gasteiger partial charge on any atom is 0.219 e. The van der Waals surface area contributed by atoms with Crippen molar-refractivity contribution in [1.82, 2.24) is 9.80 Å². The average Bonchev–Trinajstić information content (AvgIpc) is 2.52. The highest BCUT2D eigenvalue weighted by Crippen LogP contribution is 2.12. The van der Waals surface area contributed by atoms with Crippen LogP contribution in [-0.4, -0.2) is 55.0 Å². The van der Waals surface area contributed by atoms with E-state index in [1.807, 2.05) is 29.2 Å². The van der Waals surface area contributed by atoms with E-state index in [1.165, 1.54) is 0 Å². The smallest absolute Gasteiger partial charge is 0.219 e. The molecular formula is C16H25N3O2. The number of nitrogens with zero attached hydrogens (tertiary/aromatic N) is 2. The van der Waals surface area contributed by atoms with Gasteiger partial charge in [-0.3, -0.25) is 9.69 Å². The van der Waals surface area contributed by atoms with Crippen LogP contribution in [0.1, 0.15) is 18.9 Å². The van der Waals surface area contributed by atoms with Crippen LogP contribution in [-0.2, 0) is 11.3 Å². The fourth-order valence-corrected chi connectivity index (χ4v) is 2.49. The van der Waals surface area contributed by atoms with E-state index in [2.05, 4.69) is 4.90 Å². The Labute approximate surface area is 126 Å². The summed E-state index contributed by atoms with van der Waals surface area (Å²) in [7, 11) is 0. The zero-order valence-corrected chi connectivity index (χ0v) is 12.8. The molecule has 5 heteroatoms. The Morgan fingerprint density at radius 1 is 1.19 bits per heavy atom. The van der Waals surface area contributed by atoms with E-state index in [0.29, 0.717) is 6.54 Å². The lowest BCUT2D eigenvalue weighted by molar-refractivity contribution is -0.130. The first kappa shape index (κ1) is 15.8. The summed E-state index contributed by atoms with van der Waals surface area (Å²) in [6.45, 7) is 7.55. The van der Waals surface area contributed by atoms with Gasteiger partial charge in [0, 0.05) is 46.2 Å². The van der Waals surface area contributed by atoms with E-state index in [4.69, 9.17) is 10.5 Å². The van der Waals surface area contributed by atoms with E-state index in [-0.39, 0.29) is 5.91 Å². The van der Waals surface area contributed by atoms with Gasteiger partial charge in [-0.2, -0.15) is 0 Å². The number of amides is 1. The van der Waals surface area contributed by atoms with Crippen LogP contribution in [0.2, 0.25) is 0 Å². The van der Waals surface area contributed by atoms with Crippen LogP contribution in [0.25, 0.3) is 0 Å². The second-order valence-corrected chi connectivity index (χ2v) is 5.40. The normalized spacial score (nSPS) is 16.0. The van der Waals surface area contributed by atoms with Crippen LogP contribution < -0.4 is 10.5 Å². The van der Waals surface area contributed by atoms with Gasteiger partial charge < -0.3 is 15.4 Å². The molecule has 2 rings (SSSR count). The van der Waals surface area contributed by atoms with Crippen LogP contribution in [0.4, 0.5) is 0 Å². The molecule has 1 aromatic carbocycles. The quantitative estimate of drug-likeness (QED) is 0.797. The number of rotatable bonds is 6. The lowest BCUT2D eigenvalue weighted by Gasteiger charge is -2.34. The van der Waals surface area contributed by atoms with Gasteiger partial charge in [-0.1, -0.05) is 12.1 Å². The van der Waals surface area contributed by atoms with Gasteiger partial charge in [-0.05, 0) is 24.1 Å². The Bertz CT molecular complexity index is 439. The summed E-state index contributed by atoms with van der Waals surface area (Å²) in [5, 5.41) is 0. The monoisotopic (exact) mass is 291 g/mol. The SMILES string of the molecule is CC(=O)N1CCN(CCCOc2ccc(CN)cc2)CC1. The van der Waals surface area contributed by atoms with Crippen molar-refractivity contribution in [2.24, 2.45) is 5.73 Å². The molecule has 116 valence electrons. The molecule has 5 nitrogen and oxygen atoms in total. The van der Waals surface area contributed by atoms with Gasteiger partial charge in [-0.25, -0.2) is 0 Å². The van der Waals surface area contributed by atoms with Gasteiger partial charge in [0.05, 0.1) is 6.61 Å². The summed E-state index contributed by atoms with van der Waals surface area (Å²) in [4.78, 5) is 15.5. The standard InChI is InChI=1S/C16H25N3O2/c1-14(20)19-10-8-18(9-11-19)7-2-12-21-16-5-3-15(13-17)4-6-16/h3-6H,2,7-13,17H2,1H3. The van der Waals surface area contributed by atoms with E-state index in [0.717, 1.165) is 57.1 Å². The first-order valence-electron chi connectivity index (χ1n) is 7.58. The van der Waals surface area contributed by atoms with Gasteiger partial charge in [0.1, 0.15) is 5.75 Å². The predicted octanol–water partition coefficient (Wildman–Crippen LogP) is 1.08. The van der Waals surface area contributed by atoms with Gasteiger partial charge in [0.15, 0.2) is 0 Å². The second-order valence-electron chi connectivity index (χ2n) is 5.40. The van der Waals surface area contributed by atoms with Gasteiger partial charge in [-0.15, -0.1) is 0 Å². The van der Waals surface area contributed by atoms with E-state index in [9.17, 15) is 4.79 Å². The van der Waals surface area contributed by atoms with E-state index < -0.39 is 0 Å². The number of nitrogens with two attached hydrogens (primary N) is 1. The van der Waals surface area contributed by atoms with Crippen molar-refractivity contribution in [3.8, 4) is 5.75 Å². The van der Waals surface area contributed by atoms with E-state index in [1.54, 1.807) is 6.92 Å². The molecule has 0 spiro atoms. The van der Waals surface area contributed by atoms with Gasteiger partial charge in [0.25, 0.3) is 0 Å². The molecule has 0 saturated carbocycles. The molecule has 2 N–H and O–H groups in total. The lowest BCUT2D eigenvalue weighted by atomic mass is 10.2. The number of hydrogen-bond donors (Lipinski definition) is 1. The molecule has 0 radical (unpaired) electrons. The summed E-state index contributed by atoms with van der Waals surface area (Å²) in [6, 6.07) is 7.92. The summed E-state index contributed by atoms with van der Waals surface area (Å²) >= 11 is 0. The maximum absolute atomic E-state index is 11.2. The molecule has 1 saturated heterocycles. The third-order valence-electron chi connectivity index (χ3n) is 3.86. The molecule has 0 atom stereocenters. The molecule has 1 fully saturated rings. The summed E-state index contributed by atoms with van der Waals surface area (Å²) in [6.07, 6.45) is 0.999. The van der Waals surface area contributed by atoms with Crippen molar-refractivity contribution in [3.05, 3.63) is 29.8 Å². The molecule has 0 unspecified atom stereocenters. The number of carbonyl (C=O) groups is 1. The Morgan fingerprint density at radius 3 is 2.43 bits per heavy atom. The highest BCUT2D eigenvalue weighted by atomic mass is 16.5. The van der Waals surface area contributed by atoms with Crippen molar-refractivity contribution in [2.75, 3.05) is 39.3 Å². The molecule has 21 heavy (non-hydrogen) atoms. The number of piperazine rings is 1. The van der Waals surface area contributed by atoms with Crippen molar-refractivity contribution in [2.45, 2.75) is 19.9 Å². The first-order chi connectivity index (χ1) is 10.2. The van der Waals surface area contributed by atoms with Gasteiger partial charge in [0.2, 0.25) is 5.91 Å². The summed E-state index contributed by atoms with van der Waals surface area (Å²) < 4.78 is 5.72. The zero-order chi connectivity index (χ0) is 15.1. The molecular weight excluding hydrogens is 266 g/mol. The zero-order valence-electron chi connectivity index (χ0n) is 12.8. The fourth-order valence-electron chi connectivity index (χ4n) is 2.49. The Morgan fingerprint density at radius 2 is 1.86 bits per heavy atom. The highest BCUT2D eigenvalue weighted by Gasteiger charge is 2.17. The number of hydrogen-bond acceptors (Lipinski definition) is 4. The van der Waals surface area contributed by atoms with Crippen LogP contribution in [0.15, 0.2) is 24.3 Å². The van der Waals surface area contributed by atoms with Crippen molar-refractivity contribution >= 4 is 5.91 Å². The van der Waals surface area contributed by atoms with Crippen LogP contribution in [0.5, 0.6) is 5.75 Å². The maximum atomic E-state index is 11.2. The molecule has 0 aromatic heterocycles. The minimum Gasteiger partial charge on any atom is -0.494 e. The molecule has 1 aliphatic rings. The minimum absolute atomic E-state index is 0.180. The molecule has 1 amide bonds. The second kappa shape index (κ2) is 8.00. The highest BCUT2D eigenvalue weighted by molar-refractivity contribution is 5.73. The Balaban J connectivity index is 1.60. The lowest BCUT2D eigenvalue weighted by Crippen LogP contribution is -2.48. The average molecular weight is 291 g/mol. The Kier molecular flexibility index (Phi) is 6.02. The number of ether oxygens (including phenoxy) is 1. The largest absolute Gasteiger partial charge is 0.494 e. The molecule has 0 aliphatic carbocycles. The van der Waals surface area contributed by atoms with Gasteiger partial charge >= 0.3 is 0 Å².